The quantitative estimate of drug-likeness (QED) is 0.898. The number of carbonyl (C=O) groups excluding carboxylic acids is 1. The maximum absolute atomic E-state index is 12.4. The molecule has 2 amide bonds. The van der Waals surface area contributed by atoms with Crippen molar-refractivity contribution >= 4 is 17.7 Å². The lowest BCUT2D eigenvalue weighted by Gasteiger charge is -2.23. The molecule has 0 radical (unpaired) electrons. The summed E-state index contributed by atoms with van der Waals surface area (Å²) in [5.74, 6) is -1.27. The highest BCUT2D eigenvalue weighted by molar-refractivity contribution is 6.01. The average molecular weight is 304 g/mol. The van der Waals surface area contributed by atoms with Crippen molar-refractivity contribution in [2.45, 2.75) is 20.0 Å². The van der Waals surface area contributed by atoms with Gasteiger partial charge in [0.1, 0.15) is 6.54 Å². The number of para-hydroxylation sites is 1. The van der Waals surface area contributed by atoms with Gasteiger partial charge in [-0.15, -0.1) is 0 Å². The molecule has 0 aliphatic rings. The van der Waals surface area contributed by atoms with Crippen molar-refractivity contribution in [3.8, 4) is 0 Å². The zero-order valence-corrected chi connectivity index (χ0v) is 11.5. The second kappa shape index (κ2) is 6.47. The van der Waals surface area contributed by atoms with E-state index in [0.717, 1.165) is 0 Å². The van der Waals surface area contributed by atoms with E-state index in [-0.39, 0.29) is 17.8 Å². The van der Waals surface area contributed by atoms with E-state index in [9.17, 15) is 22.8 Å². The fourth-order valence-electron chi connectivity index (χ4n) is 1.74. The smallest absolute Gasteiger partial charge is 0.406 e. The summed E-state index contributed by atoms with van der Waals surface area (Å²) in [6.07, 6.45) is -4.52. The minimum Gasteiger partial charge on any atom is -0.478 e. The molecule has 0 bridgehead atoms. The summed E-state index contributed by atoms with van der Waals surface area (Å²) in [4.78, 5) is 23.5. The van der Waals surface area contributed by atoms with Gasteiger partial charge in [-0.3, -0.25) is 0 Å². The lowest BCUT2D eigenvalue weighted by atomic mass is 10.1. The van der Waals surface area contributed by atoms with Crippen LogP contribution in [-0.2, 0) is 0 Å². The van der Waals surface area contributed by atoms with Crippen LogP contribution in [0, 0.1) is 6.92 Å². The first kappa shape index (κ1) is 16.8. The van der Waals surface area contributed by atoms with Gasteiger partial charge in [-0.25, -0.2) is 9.59 Å². The Bertz CT molecular complexity index is 544. The second-order valence-corrected chi connectivity index (χ2v) is 4.36. The van der Waals surface area contributed by atoms with E-state index in [2.05, 4.69) is 5.32 Å². The van der Waals surface area contributed by atoms with Gasteiger partial charge in [-0.05, 0) is 25.5 Å². The molecule has 0 aromatic heterocycles. The van der Waals surface area contributed by atoms with Crippen LogP contribution in [0.15, 0.2) is 18.2 Å². The van der Waals surface area contributed by atoms with Gasteiger partial charge >= 0.3 is 18.2 Å². The van der Waals surface area contributed by atoms with Crippen LogP contribution in [0.4, 0.5) is 23.7 Å². The normalized spacial score (nSPS) is 11.1. The van der Waals surface area contributed by atoms with Crippen LogP contribution in [0.2, 0.25) is 0 Å². The summed E-state index contributed by atoms with van der Waals surface area (Å²) in [5, 5.41) is 11.3. The van der Waals surface area contributed by atoms with Crippen LogP contribution in [0.25, 0.3) is 0 Å². The van der Waals surface area contributed by atoms with Gasteiger partial charge < -0.3 is 15.3 Å². The Hall–Kier alpha value is -2.25. The Labute approximate surface area is 119 Å². The van der Waals surface area contributed by atoms with E-state index >= 15 is 0 Å². The number of nitrogens with zero attached hydrogens (tertiary/aromatic N) is 1. The number of carboxylic acids is 1. The molecule has 8 heteroatoms. The van der Waals surface area contributed by atoms with Crippen molar-refractivity contribution < 1.29 is 27.9 Å². The molecule has 21 heavy (non-hydrogen) atoms. The largest absolute Gasteiger partial charge is 0.478 e. The number of hydrogen-bond donors (Lipinski definition) is 2. The number of carboxylic acid groups (broad SMARTS) is 1. The van der Waals surface area contributed by atoms with E-state index in [1.807, 2.05) is 0 Å². The van der Waals surface area contributed by atoms with Gasteiger partial charge in [-0.1, -0.05) is 12.1 Å². The maximum Gasteiger partial charge on any atom is 0.406 e. The number of amides is 2. The molecule has 0 unspecified atom stereocenters. The van der Waals surface area contributed by atoms with Crippen molar-refractivity contribution in [2.75, 3.05) is 18.4 Å². The molecule has 0 saturated carbocycles. The van der Waals surface area contributed by atoms with Crippen LogP contribution >= 0.6 is 0 Å². The molecule has 0 heterocycles. The lowest BCUT2D eigenvalue weighted by molar-refractivity contribution is -0.139. The van der Waals surface area contributed by atoms with Gasteiger partial charge in [0.05, 0.1) is 11.3 Å². The molecular formula is C13H15F3N2O3. The highest BCUT2D eigenvalue weighted by atomic mass is 19.4. The first-order valence-electron chi connectivity index (χ1n) is 6.11. The first-order valence-corrected chi connectivity index (χ1v) is 6.11. The zero-order valence-electron chi connectivity index (χ0n) is 11.5. The number of hydrogen-bond acceptors (Lipinski definition) is 2. The number of halogens is 3. The Morgan fingerprint density at radius 2 is 1.95 bits per heavy atom. The third-order valence-electron chi connectivity index (χ3n) is 2.77. The molecule has 1 rings (SSSR count). The first-order chi connectivity index (χ1) is 9.65. The summed E-state index contributed by atoms with van der Waals surface area (Å²) < 4.78 is 37.1. The summed E-state index contributed by atoms with van der Waals surface area (Å²) in [5.41, 5.74) is 0.272. The molecule has 5 nitrogen and oxygen atoms in total. The Morgan fingerprint density at radius 3 is 2.43 bits per heavy atom. The SMILES string of the molecule is CCN(CC(F)(F)F)C(=O)Nc1c(C)cccc1C(=O)O. The summed E-state index contributed by atoms with van der Waals surface area (Å²) in [6.45, 7) is 1.41. The molecule has 0 aliphatic carbocycles. The van der Waals surface area contributed by atoms with Crippen molar-refractivity contribution in [2.24, 2.45) is 0 Å². The molecule has 116 valence electrons. The number of anilines is 1. The number of alkyl halides is 3. The van der Waals surface area contributed by atoms with Gasteiger partial charge in [0.2, 0.25) is 0 Å². The van der Waals surface area contributed by atoms with Crippen molar-refractivity contribution in [1.82, 2.24) is 4.90 Å². The monoisotopic (exact) mass is 304 g/mol. The zero-order chi connectivity index (χ0) is 16.2. The molecule has 2 N–H and O–H groups in total. The number of aryl methyl sites for hydroxylation is 1. The standard InChI is InChI=1S/C13H15F3N2O3/c1-3-18(7-13(14,15)16)12(21)17-10-8(2)5-4-6-9(10)11(19)20/h4-6H,3,7H2,1-2H3,(H,17,21)(H,19,20). The van der Waals surface area contributed by atoms with Gasteiger partial charge in [0, 0.05) is 6.54 Å². The Kier molecular flexibility index (Phi) is 5.17. The Morgan fingerprint density at radius 1 is 1.33 bits per heavy atom. The van der Waals surface area contributed by atoms with E-state index in [1.165, 1.54) is 19.1 Å². The number of nitrogens with one attached hydrogen (secondary N) is 1. The fourth-order valence-corrected chi connectivity index (χ4v) is 1.74. The van der Waals surface area contributed by atoms with Crippen LogP contribution in [0.1, 0.15) is 22.8 Å². The van der Waals surface area contributed by atoms with E-state index in [4.69, 9.17) is 5.11 Å². The molecule has 0 spiro atoms. The minimum absolute atomic E-state index is 0.00405. The predicted octanol–water partition coefficient (Wildman–Crippen LogP) is 3.11. The van der Waals surface area contributed by atoms with Crippen LogP contribution in [0.3, 0.4) is 0 Å². The molecule has 0 aliphatic heterocycles. The number of aromatic carboxylic acids is 1. The van der Waals surface area contributed by atoms with Crippen molar-refractivity contribution in [3.63, 3.8) is 0 Å². The molecule has 0 saturated heterocycles. The van der Waals surface area contributed by atoms with Crippen molar-refractivity contribution in [3.05, 3.63) is 29.3 Å². The summed E-state index contributed by atoms with van der Waals surface area (Å²) in [6, 6.07) is 3.32. The molecule has 0 fully saturated rings. The van der Waals surface area contributed by atoms with Crippen molar-refractivity contribution in [1.29, 1.82) is 0 Å². The third kappa shape index (κ3) is 4.66. The number of carbonyl (C=O) groups is 2. The minimum atomic E-state index is -4.52. The highest BCUT2D eigenvalue weighted by Crippen LogP contribution is 2.22. The number of benzene rings is 1. The number of urea groups is 1. The third-order valence-corrected chi connectivity index (χ3v) is 2.77. The van der Waals surface area contributed by atoms with Gasteiger partial charge in [-0.2, -0.15) is 13.2 Å². The van der Waals surface area contributed by atoms with E-state index < -0.39 is 24.7 Å². The average Bonchev–Trinajstić information content (AvgIpc) is 2.36. The molecule has 1 aromatic carbocycles. The highest BCUT2D eigenvalue weighted by Gasteiger charge is 2.32. The van der Waals surface area contributed by atoms with E-state index in [0.29, 0.717) is 10.5 Å². The van der Waals surface area contributed by atoms with Gasteiger partial charge in [0.25, 0.3) is 0 Å². The second-order valence-electron chi connectivity index (χ2n) is 4.36. The Balaban J connectivity index is 3.00. The summed E-state index contributed by atoms with van der Waals surface area (Å²) >= 11 is 0. The molecular weight excluding hydrogens is 289 g/mol. The lowest BCUT2D eigenvalue weighted by Crippen LogP contribution is -2.41. The fraction of sp³-hybridized carbons (Fsp3) is 0.385. The maximum atomic E-state index is 12.4. The number of rotatable bonds is 4. The van der Waals surface area contributed by atoms with Gasteiger partial charge in [0.15, 0.2) is 0 Å². The van der Waals surface area contributed by atoms with E-state index in [1.54, 1.807) is 13.0 Å². The predicted molar refractivity (Wildman–Crippen MR) is 70.5 cm³/mol. The van der Waals surface area contributed by atoms with Crippen LogP contribution in [-0.4, -0.2) is 41.3 Å². The topological polar surface area (TPSA) is 69.6 Å². The molecule has 0 atom stereocenters. The van der Waals surface area contributed by atoms with Crippen LogP contribution < -0.4 is 5.32 Å². The van der Waals surface area contributed by atoms with Crippen LogP contribution in [0.5, 0.6) is 0 Å². The molecule has 1 aromatic rings. The summed E-state index contributed by atoms with van der Waals surface area (Å²) in [7, 11) is 0.